The first-order valence-electron chi connectivity index (χ1n) is 9.23. The maximum Gasteiger partial charge on any atom is 0.290 e. The molecule has 0 radical (unpaired) electrons. The molecule has 1 aromatic carbocycles. The first-order chi connectivity index (χ1) is 13.4. The predicted octanol–water partition coefficient (Wildman–Crippen LogP) is 3.60. The Morgan fingerprint density at radius 1 is 1.25 bits per heavy atom. The second kappa shape index (κ2) is 8.25. The normalized spacial score (nSPS) is 16.8. The van der Waals surface area contributed by atoms with Crippen LogP contribution in [0.2, 0.25) is 0 Å². The third-order valence-corrected chi connectivity index (χ3v) is 4.71. The van der Waals surface area contributed by atoms with Crippen molar-refractivity contribution in [1.29, 1.82) is 0 Å². The van der Waals surface area contributed by atoms with Crippen LogP contribution in [0, 0.1) is 5.92 Å². The molecule has 6 heteroatoms. The lowest BCUT2D eigenvalue weighted by Crippen LogP contribution is -2.31. The summed E-state index contributed by atoms with van der Waals surface area (Å²) in [7, 11) is 1.54. The second-order valence-electron chi connectivity index (χ2n) is 7.22. The fourth-order valence-electron chi connectivity index (χ4n) is 3.49. The molecule has 0 saturated carbocycles. The molecule has 1 N–H and O–H groups in total. The van der Waals surface area contributed by atoms with Crippen molar-refractivity contribution in [3.63, 3.8) is 0 Å². The van der Waals surface area contributed by atoms with Crippen LogP contribution in [0.1, 0.15) is 37.4 Å². The Bertz CT molecular complexity index is 906. The molecule has 2 aromatic rings. The number of ether oxygens (including phenoxy) is 1. The molecule has 146 valence electrons. The van der Waals surface area contributed by atoms with Crippen LogP contribution in [0.4, 0.5) is 0 Å². The quantitative estimate of drug-likeness (QED) is 0.794. The second-order valence-corrected chi connectivity index (χ2v) is 7.22. The molecule has 28 heavy (non-hydrogen) atoms. The Hall–Kier alpha value is -3.15. The molecule has 0 fully saturated rings. The SMILES string of the molecule is COc1ccccc1C1C(C(=O)CC(C)C)=C(O)C(=O)N1Cc1cccnc1. The lowest BCUT2D eigenvalue weighted by molar-refractivity contribution is -0.130. The first kappa shape index (κ1) is 19.6. The van der Waals surface area contributed by atoms with Gasteiger partial charge in [0, 0.05) is 30.9 Å². The molecule has 1 atom stereocenters. The molecule has 1 amide bonds. The van der Waals surface area contributed by atoms with E-state index in [0.29, 0.717) is 11.3 Å². The van der Waals surface area contributed by atoms with Gasteiger partial charge in [-0.3, -0.25) is 14.6 Å². The van der Waals surface area contributed by atoms with Gasteiger partial charge < -0.3 is 14.7 Å². The van der Waals surface area contributed by atoms with E-state index in [1.54, 1.807) is 31.6 Å². The average Bonchev–Trinajstić information content (AvgIpc) is 2.93. The molecular weight excluding hydrogens is 356 g/mol. The van der Waals surface area contributed by atoms with Gasteiger partial charge in [-0.25, -0.2) is 0 Å². The number of aliphatic hydroxyl groups is 1. The highest BCUT2D eigenvalue weighted by molar-refractivity contribution is 6.09. The molecule has 6 nitrogen and oxygen atoms in total. The zero-order valence-electron chi connectivity index (χ0n) is 16.3. The highest BCUT2D eigenvalue weighted by Gasteiger charge is 2.44. The lowest BCUT2D eigenvalue weighted by atomic mass is 9.91. The Balaban J connectivity index is 2.09. The fraction of sp³-hybridized carbons (Fsp3) is 0.318. The summed E-state index contributed by atoms with van der Waals surface area (Å²) in [6.45, 7) is 4.08. The minimum absolute atomic E-state index is 0.105. The highest BCUT2D eigenvalue weighted by atomic mass is 16.5. The van der Waals surface area contributed by atoms with E-state index in [1.165, 1.54) is 4.90 Å². The summed E-state index contributed by atoms with van der Waals surface area (Å²) in [6, 6.07) is 10.2. The van der Waals surface area contributed by atoms with Crippen molar-refractivity contribution in [3.05, 3.63) is 71.3 Å². The molecule has 2 heterocycles. The number of hydrogen-bond donors (Lipinski definition) is 1. The van der Waals surface area contributed by atoms with Crippen LogP contribution < -0.4 is 4.74 Å². The fourth-order valence-corrected chi connectivity index (χ4v) is 3.49. The zero-order chi connectivity index (χ0) is 20.3. The van der Waals surface area contributed by atoms with E-state index in [2.05, 4.69) is 4.98 Å². The van der Waals surface area contributed by atoms with E-state index in [0.717, 1.165) is 5.56 Å². The number of Topliss-reactive ketones (excluding diaryl/α,β-unsaturated/α-hetero) is 1. The number of carbonyl (C=O) groups is 2. The van der Waals surface area contributed by atoms with Gasteiger partial charge in [0.25, 0.3) is 5.91 Å². The lowest BCUT2D eigenvalue weighted by Gasteiger charge is -2.28. The molecule has 1 aliphatic heterocycles. The van der Waals surface area contributed by atoms with Crippen LogP contribution in [-0.4, -0.2) is 33.8 Å². The number of nitrogens with zero attached hydrogens (tertiary/aromatic N) is 2. The molecule has 0 bridgehead atoms. The van der Waals surface area contributed by atoms with E-state index in [9.17, 15) is 14.7 Å². The number of aromatic nitrogens is 1. The van der Waals surface area contributed by atoms with Crippen molar-refractivity contribution in [3.8, 4) is 5.75 Å². The number of carbonyl (C=O) groups excluding carboxylic acids is 2. The molecule has 0 saturated heterocycles. The monoisotopic (exact) mass is 380 g/mol. The van der Waals surface area contributed by atoms with Crippen LogP contribution in [0.3, 0.4) is 0 Å². The summed E-state index contributed by atoms with van der Waals surface area (Å²) < 4.78 is 5.47. The molecular formula is C22H24N2O4. The maximum atomic E-state index is 12.9. The number of aliphatic hydroxyl groups excluding tert-OH is 1. The van der Waals surface area contributed by atoms with Gasteiger partial charge in [0.1, 0.15) is 5.75 Å². The van der Waals surface area contributed by atoms with E-state index >= 15 is 0 Å². The van der Waals surface area contributed by atoms with Crippen molar-refractivity contribution < 1.29 is 19.4 Å². The Morgan fingerprint density at radius 2 is 2.00 bits per heavy atom. The maximum absolute atomic E-state index is 12.9. The third kappa shape index (κ3) is 3.76. The van der Waals surface area contributed by atoms with Crippen molar-refractivity contribution >= 4 is 11.7 Å². The zero-order valence-corrected chi connectivity index (χ0v) is 16.3. The van der Waals surface area contributed by atoms with Crippen molar-refractivity contribution in [1.82, 2.24) is 9.88 Å². The average molecular weight is 380 g/mol. The van der Waals surface area contributed by atoms with Gasteiger partial charge in [-0.05, 0) is 23.6 Å². The number of rotatable bonds is 7. The van der Waals surface area contributed by atoms with E-state index in [4.69, 9.17) is 4.74 Å². The Labute approximate surface area is 164 Å². The topological polar surface area (TPSA) is 79.7 Å². The molecule has 0 aliphatic carbocycles. The van der Waals surface area contributed by atoms with Crippen LogP contribution in [0.15, 0.2) is 60.1 Å². The predicted molar refractivity (Wildman–Crippen MR) is 105 cm³/mol. The summed E-state index contributed by atoms with van der Waals surface area (Å²) in [5, 5.41) is 10.6. The number of para-hydroxylation sites is 1. The highest BCUT2D eigenvalue weighted by Crippen LogP contribution is 2.42. The first-order valence-corrected chi connectivity index (χ1v) is 9.23. The Kier molecular flexibility index (Phi) is 5.78. The summed E-state index contributed by atoms with van der Waals surface area (Å²) in [6.07, 6.45) is 3.57. The molecule has 0 spiro atoms. The number of methoxy groups -OCH3 is 1. The van der Waals surface area contributed by atoms with Crippen LogP contribution >= 0.6 is 0 Å². The molecule has 1 unspecified atom stereocenters. The minimum atomic E-state index is -0.713. The molecule has 1 aliphatic rings. The van der Waals surface area contributed by atoms with Crippen LogP contribution in [0.5, 0.6) is 5.75 Å². The number of hydrogen-bond acceptors (Lipinski definition) is 5. The number of amides is 1. The molecule has 3 rings (SSSR count). The van der Waals surface area contributed by atoms with Crippen LogP contribution in [0.25, 0.3) is 0 Å². The number of benzene rings is 1. The van der Waals surface area contributed by atoms with Gasteiger partial charge in [-0.15, -0.1) is 0 Å². The standard InChI is InChI=1S/C22H24N2O4/c1-14(2)11-17(25)19-20(16-8-4-5-9-18(16)28-3)24(22(27)21(19)26)13-15-7-6-10-23-12-15/h4-10,12,14,20,26H,11,13H2,1-3H3. The third-order valence-electron chi connectivity index (χ3n) is 4.71. The van der Waals surface area contributed by atoms with Gasteiger partial charge in [0.05, 0.1) is 18.7 Å². The summed E-state index contributed by atoms with van der Waals surface area (Å²) in [5.74, 6) is -0.614. The van der Waals surface area contributed by atoms with Gasteiger partial charge in [-0.2, -0.15) is 0 Å². The smallest absolute Gasteiger partial charge is 0.290 e. The Morgan fingerprint density at radius 3 is 2.64 bits per heavy atom. The van der Waals surface area contributed by atoms with Gasteiger partial charge in [-0.1, -0.05) is 38.1 Å². The van der Waals surface area contributed by atoms with E-state index < -0.39 is 17.7 Å². The van der Waals surface area contributed by atoms with E-state index in [-0.39, 0.29) is 30.2 Å². The van der Waals surface area contributed by atoms with Gasteiger partial charge >= 0.3 is 0 Å². The largest absolute Gasteiger partial charge is 0.503 e. The summed E-state index contributed by atoms with van der Waals surface area (Å²) in [4.78, 5) is 31.4. The van der Waals surface area contributed by atoms with E-state index in [1.807, 2.05) is 38.1 Å². The molecule has 1 aromatic heterocycles. The van der Waals surface area contributed by atoms with Crippen molar-refractivity contribution in [2.24, 2.45) is 5.92 Å². The summed E-state index contributed by atoms with van der Waals surface area (Å²) in [5.41, 5.74) is 1.60. The van der Waals surface area contributed by atoms with Crippen molar-refractivity contribution in [2.75, 3.05) is 7.11 Å². The van der Waals surface area contributed by atoms with Gasteiger partial charge in [0.15, 0.2) is 11.5 Å². The van der Waals surface area contributed by atoms with Crippen molar-refractivity contribution in [2.45, 2.75) is 32.9 Å². The number of ketones is 1. The van der Waals surface area contributed by atoms with Crippen LogP contribution in [-0.2, 0) is 16.1 Å². The van der Waals surface area contributed by atoms with Gasteiger partial charge in [0.2, 0.25) is 0 Å². The minimum Gasteiger partial charge on any atom is -0.503 e. The number of pyridine rings is 1. The summed E-state index contributed by atoms with van der Waals surface area (Å²) >= 11 is 0.